The topological polar surface area (TPSA) is 86.9 Å². The van der Waals surface area contributed by atoms with Crippen molar-refractivity contribution in [3.63, 3.8) is 0 Å². The van der Waals surface area contributed by atoms with Crippen LogP contribution < -0.4 is 9.44 Å². The molecule has 102 valence electrons. The van der Waals surface area contributed by atoms with Gasteiger partial charge in [-0.05, 0) is 31.9 Å². The number of imidazole rings is 1. The van der Waals surface area contributed by atoms with Crippen molar-refractivity contribution in [3.05, 3.63) is 30.1 Å². The first kappa shape index (κ1) is 12.6. The van der Waals surface area contributed by atoms with Crippen molar-refractivity contribution < 1.29 is 8.42 Å². The quantitative estimate of drug-likeness (QED) is 0.769. The Morgan fingerprint density at radius 3 is 2.79 bits per heavy atom. The lowest BCUT2D eigenvalue weighted by Crippen LogP contribution is -2.39. The highest BCUT2D eigenvalue weighted by atomic mass is 32.2. The van der Waals surface area contributed by atoms with Crippen molar-refractivity contribution in [2.45, 2.75) is 31.8 Å². The molecule has 2 aromatic rings. The number of nitrogens with zero attached hydrogens (tertiary/aromatic N) is 1. The molecule has 1 heterocycles. The molecule has 3 N–H and O–H groups in total. The monoisotopic (exact) mass is 280 g/mol. The van der Waals surface area contributed by atoms with Gasteiger partial charge in [-0.25, -0.2) is 4.98 Å². The van der Waals surface area contributed by atoms with Crippen LogP contribution in [0.2, 0.25) is 0 Å². The van der Waals surface area contributed by atoms with E-state index in [0.717, 1.165) is 23.9 Å². The minimum atomic E-state index is -3.46. The van der Waals surface area contributed by atoms with E-state index in [4.69, 9.17) is 0 Å². The summed E-state index contributed by atoms with van der Waals surface area (Å²) in [7, 11) is -3.46. The number of benzene rings is 1. The van der Waals surface area contributed by atoms with Gasteiger partial charge < -0.3 is 4.98 Å². The fraction of sp³-hybridized carbons (Fsp3) is 0.417. The van der Waals surface area contributed by atoms with Gasteiger partial charge in [0.1, 0.15) is 5.82 Å². The second-order valence-electron chi connectivity index (χ2n) is 4.87. The Balaban J connectivity index is 1.77. The normalized spacial score (nSPS) is 17.7. The summed E-state index contributed by atoms with van der Waals surface area (Å²) in [4.78, 5) is 7.50. The number of aromatic amines is 1. The van der Waals surface area contributed by atoms with E-state index in [2.05, 4.69) is 19.4 Å². The molecule has 1 saturated carbocycles. The Bertz CT molecular complexity index is 658. The van der Waals surface area contributed by atoms with Gasteiger partial charge in [-0.1, -0.05) is 12.1 Å². The second-order valence-corrected chi connectivity index (χ2v) is 6.35. The highest BCUT2D eigenvalue weighted by Crippen LogP contribution is 2.20. The maximum Gasteiger partial charge on any atom is 0.277 e. The van der Waals surface area contributed by atoms with Crippen molar-refractivity contribution in [1.29, 1.82) is 0 Å². The number of hydrogen-bond acceptors (Lipinski definition) is 3. The van der Waals surface area contributed by atoms with Crippen LogP contribution in [0.4, 0.5) is 0 Å². The average Bonchev–Trinajstić information content (AvgIpc) is 3.03. The van der Waals surface area contributed by atoms with Crippen LogP contribution in [0.15, 0.2) is 24.3 Å². The average molecular weight is 280 g/mol. The number of aromatic nitrogens is 2. The van der Waals surface area contributed by atoms with Crippen molar-refractivity contribution in [1.82, 2.24) is 19.4 Å². The molecule has 1 unspecified atom stereocenters. The number of rotatable bonds is 5. The third-order valence-electron chi connectivity index (χ3n) is 3.05. The first-order valence-electron chi connectivity index (χ1n) is 6.28. The van der Waals surface area contributed by atoms with Gasteiger partial charge in [-0.2, -0.15) is 17.9 Å². The van der Waals surface area contributed by atoms with E-state index < -0.39 is 16.3 Å². The maximum atomic E-state index is 11.8. The third kappa shape index (κ3) is 2.94. The molecule has 3 rings (SSSR count). The van der Waals surface area contributed by atoms with Crippen LogP contribution in [0.3, 0.4) is 0 Å². The van der Waals surface area contributed by atoms with Gasteiger partial charge in [0.05, 0.1) is 17.1 Å². The Morgan fingerprint density at radius 2 is 2.11 bits per heavy atom. The first-order valence-corrected chi connectivity index (χ1v) is 7.76. The standard InChI is InChI=1S/C12H16N4O2S/c1-8(15-19(17,18)16-9-6-7-9)12-13-10-4-2-3-5-11(10)14-12/h2-5,8-9,15-16H,6-7H2,1H3,(H,13,14). The molecule has 1 fully saturated rings. The molecule has 1 aromatic heterocycles. The molecular weight excluding hydrogens is 264 g/mol. The fourth-order valence-electron chi connectivity index (χ4n) is 1.92. The van der Waals surface area contributed by atoms with E-state index in [1.165, 1.54) is 0 Å². The SMILES string of the molecule is CC(NS(=O)(=O)NC1CC1)c1nc2ccccc2[nH]1. The molecule has 19 heavy (non-hydrogen) atoms. The molecule has 1 atom stereocenters. The van der Waals surface area contributed by atoms with Gasteiger partial charge in [-0.15, -0.1) is 0 Å². The predicted molar refractivity (Wildman–Crippen MR) is 72.7 cm³/mol. The van der Waals surface area contributed by atoms with Crippen molar-refractivity contribution >= 4 is 21.2 Å². The molecule has 1 aliphatic rings. The third-order valence-corrected chi connectivity index (χ3v) is 4.36. The predicted octanol–water partition coefficient (Wildman–Crippen LogP) is 1.21. The summed E-state index contributed by atoms with van der Waals surface area (Å²) in [5.41, 5.74) is 1.73. The first-order chi connectivity index (χ1) is 9.03. The van der Waals surface area contributed by atoms with Gasteiger partial charge in [0, 0.05) is 6.04 Å². The van der Waals surface area contributed by atoms with Crippen LogP contribution in [0.5, 0.6) is 0 Å². The van der Waals surface area contributed by atoms with E-state index in [1.807, 2.05) is 24.3 Å². The number of hydrogen-bond donors (Lipinski definition) is 3. The molecule has 0 saturated heterocycles. The minimum Gasteiger partial charge on any atom is -0.341 e. The number of H-pyrrole nitrogens is 1. The molecule has 0 aliphatic heterocycles. The summed E-state index contributed by atoms with van der Waals surface area (Å²) in [5, 5.41) is 0. The van der Waals surface area contributed by atoms with Gasteiger partial charge in [0.15, 0.2) is 0 Å². The van der Waals surface area contributed by atoms with Crippen LogP contribution in [0.25, 0.3) is 11.0 Å². The number of fused-ring (bicyclic) bond motifs is 1. The Morgan fingerprint density at radius 1 is 1.37 bits per heavy atom. The molecule has 7 heteroatoms. The summed E-state index contributed by atoms with van der Waals surface area (Å²) < 4.78 is 28.8. The smallest absolute Gasteiger partial charge is 0.277 e. The molecule has 0 bridgehead atoms. The second kappa shape index (κ2) is 4.59. The molecule has 0 amide bonds. The van der Waals surface area contributed by atoms with Crippen LogP contribution in [0, 0.1) is 0 Å². The molecule has 0 spiro atoms. The largest absolute Gasteiger partial charge is 0.341 e. The molecule has 6 nitrogen and oxygen atoms in total. The molecule has 1 aromatic carbocycles. The lowest BCUT2D eigenvalue weighted by molar-refractivity contribution is 0.546. The highest BCUT2D eigenvalue weighted by molar-refractivity contribution is 7.87. The van der Waals surface area contributed by atoms with E-state index >= 15 is 0 Å². The van der Waals surface area contributed by atoms with E-state index in [0.29, 0.717) is 5.82 Å². The van der Waals surface area contributed by atoms with Crippen molar-refractivity contribution in [2.75, 3.05) is 0 Å². The summed E-state index contributed by atoms with van der Waals surface area (Å²) in [6, 6.07) is 7.31. The molecular formula is C12H16N4O2S. The zero-order valence-electron chi connectivity index (χ0n) is 10.6. The summed E-state index contributed by atoms with van der Waals surface area (Å²) >= 11 is 0. The zero-order valence-corrected chi connectivity index (χ0v) is 11.4. The zero-order chi connectivity index (χ0) is 13.5. The molecule has 1 aliphatic carbocycles. The summed E-state index contributed by atoms with van der Waals surface area (Å²) in [6.45, 7) is 1.77. The van der Waals surface area contributed by atoms with Crippen LogP contribution in [-0.4, -0.2) is 24.4 Å². The summed E-state index contributed by atoms with van der Waals surface area (Å²) in [5.74, 6) is 0.613. The van der Waals surface area contributed by atoms with Gasteiger partial charge in [-0.3, -0.25) is 0 Å². The van der Waals surface area contributed by atoms with E-state index in [-0.39, 0.29) is 6.04 Å². The number of nitrogens with one attached hydrogen (secondary N) is 3. The minimum absolute atomic E-state index is 0.0976. The van der Waals surface area contributed by atoms with E-state index in [1.54, 1.807) is 6.92 Å². The van der Waals surface area contributed by atoms with Crippen molar-refractivity contribution in [3.8, 4) is 0 Å². The molecule has 0 radical (unpaired) electrons. The van der Waals surface area contributed by atoms with Crippen LogP contribution in [-0.2, 0) is 10.2 Å². The number of para-hydroxylation sites is 2. The maximum absolute atomic E-state index is 11.8. The highest BCUT2D eigenvalue weighted by Gasteiger charge is 2.28. The van der Waals surface area contributed by atoms with Gasteiger partial charge in [0.2, 0.25) is 0 Å². The Labute approximate surface area is 111 Å². The van der Waals surface area contributed by atoms with Crippen LogP contribution >= 0.6 is 0 Å². The Kier molecular flexibility index (Phi) is 3.04. The van der Waals surface area contributed by atoms with E-state index in [9.17, 15) is 8.42 Å². The van der Waals surface area contributed by atoms with Gasteiger partial charge >= 0.3 is 0 Å². The van der Waals surface area contributed by atoms with Crippen molar-refractivity contribution in [2.24, 2.45) is 0 Å². The fourth-order valence-corrected chi connectivity index (χ4v) is 3.24. The van der Waals surface area contributed by atoms with Crippen LogP contribution in [0.1, 0.15) is 31.6 Å². The van der Waals surface area contributed by atoms with Gasteiger partial charge in [0.25, 0.3) is 10.2 Å². The Hall–Kier alpha value is -1.44. The lowest BCUT2D eigenvalue weighted by atomic mass is 10.3. The summed E-state index contributed by atoms with van der Waals surface area (Å²) in [6.07, 6.45) is 1.83. The lowest BCUT2D eigenvalue weighted by Gasteiger charge is -2.12.